The molecule has 0 fully saturated rings. The number of benzene rings is 7. The minimum absolute atomic E-state index is 0.816. The van der Waals surface area contributed by atoms with Crippen LogP contribution < -0.4 is 0 Å². The zero-order chi connectivity index (χ0) is 33.2. The summed E-state index contributed by atoms with van der Waals surface area (Å²) in [6.45, 7) is 0. The van der Waals surface area contributed by atoms with Crippen LogP contribution in [0.1, 0.15) is 0 Å². The van der Waals surface area contributed by atoms with Crippen LogP contribution in [0.2, 0.25) is 0 Å². The van der Waals surface area contributed by atoms with E-state index in [0.29, 0.717) is 0 Å². The first-order valence-corrected chi connectivity index (χ1v) is 17.2. The maximum Gasteiger partial charge on any atom is 0.221 e. The minimum Gasteiger partial charge on any atom is -0.292 e. The maximum atomic E-state index is 5.37. The number of imidazole rings is 2. The van der Waals surface area contributed by atoms with Crippen molar-refractivity contribution in [3.63, 3.8) is 0 Å². The molecule has 0 aliphatic carbocycles. The fourth-order valence-corrected chi connectivity index (χ4v) is 8.33. The second-order valence-electron chi connectivity index (χ2n) is 13.3. The molecule has 6 nitrogen and oxygen atoms in total. The van der Waals surface area contributed by atoms with E-state index in [1.54, 1.807) is 0 Å². The topological polar surface area (TPSA) is 52.4 Å². The third kappa shape index (κ3) is 3.57. The van der Waals surface area contributed by atoms with Gasteiger partial charge >= 0.3 is 0 Å². The summed E-state index contributed by atoms with van der Waals surface area (Å²) in [6, 6.07) is 55.9. The number of aromatic nitrogens is 6. The molecule has 0 unspecified atom stereocenters. The van der Waals surface area contributed by atoms with Gasteiger partial charge in [-0.25, -0.2) is 15.0 Å². The maximum absolute atomic E-state index is 5.37. The molecule has 51 heavy (non-hydrogen) atoms. The van der Waals surface area contributed by atoms with E-state index >= 15 is 0 Å². The van der Waals surface area contributed by atoms with Crippen molar-refractivity contribution < 1.29 is 0 Å². The highest BCUT2D eigenvalue weighted by atomic mass is 15.2. The normalized spacial score (nSPS) is 12.3. The van der Waals surface area contributed by atoms with Crippen molar-refractivity contribution in [1.29, 1.82) is 0 Å². The average Bonchev–Trinajstić information content (AvgIpc) is 3.88. The standard InChI is InChI=1S/C45H26N6/c1-4-14-35-33(13-1)43-46-37-16-6-10-20-41(37)51(43)45(48-35)50-39-18-8-3-12-31(39)32-24-22-28(26-42(32)50)27-21-23-29-30-11-2-7-17-38(30)49-40-19-9-5-15-36(40)47-44(49)34(29)25-27/h1-26H. The van der Waals surface area contributed by atoms with Crippen molar-refractivity contribution in [2.45, 2.75) is 0 Å². The summed E-state index contributed by atoms with van der Waals surface area (Å²) in [7, 11) is 0. The molecule has 0 aliphatic rings. The van der Waals surface area contributed by atoms with E-state index in [0.717, 1.165) is 83.3 Å². The molecular formula is C45H26N6. The highest BCUT2D eigenvalue weighted by Gasteiger charge is 2.21. The smallest absolute Gasteiger partial charge is 0.221 e. The molecular weight excluding hydrogens is 625 g/mol. The van der Waals surface area contributed by atoms with Gasteiger partial charge in [0, 0.05) is 26.9 Å². The van der Waals surface area contributed by atoms with Crippen molar-refractivity contribution >= 4 is 87.7 Å². The predicted octanol–water partition coefficient (Wildman–Crippen LogP) is 10.9. The van der Waals surface area contributed by atoms with E-state index in [1.807, 2.05) is 12.1 Å². The lowest BCUT2D eigenvalue weighted by Crippen LogP contribution is -2.06. The molecule has 7 aromatic carbocycles. The van der Waals surface area contributed by atoms with E-state index < -0.39 is 0 Å². The van der Waals surface area contributed by atoms with Gasteiger partial charge in [-0.05, 0) is 77.2 Å². The van der Waals surface area contributed by atoms with Crippen LogP contribution >= 0.6 is 0 Å². The summed E-state index contributed by atoms with van der Waals surface area (Å²) in [5.74, 6) is 0.816. The van der Waals surface area contributed by atoms with Crippen molar-refractivity contribution in [1.82, 2.24) is 28.3 Å². The fourth-order valence-electron chi connectivity index (χ4n) is 8.33. The third-order valence-corrected chi connectivity index (χ3v) is 10.6. The van der Waals surface area contributed by atoms with Crippen LogP contribution in [0.5, 0.6) is 0 Å². The average molecular weight is 651 g/mol. The van der Waals surface area contributed by atoms with Gasteiger partial charge in [-0.1, -0.05) is 97.1 Å². The molecule has 0 atom stereocenters. The Labute approximate surface area is 290 Å². The first-order valence-electron chi connectivity index (χ1n) is 17.2. The van der Waals surface area contributed by atoms with Crippen molar-refractivity contribution in [3.05, 3.63) is 158 Å². The molecule has 12 rings (SSSR count). The van der Waals surface area contributed by atoms with Crippen LogP contribution in [0.3, 0.4) is 0 Å². The lowest BCUT2D eigenvalue weighted by molar-refractivity contribution is 0.979. The SMILES string of the molecule is c1ccc2c(c1)nc(-n1c3ccccc3c3ccc(-c4ccc5c6ccccc6n6c7ccccc7nc6c5c4)cc31)n1c3ccccc3nc21. The molecule has 0 N–H and O–H groups in total. The van der Waals surface area contributed by atoms with Crippen LogP contribution in [-0.2, 0) is 0 Å². The molecule has 0 bridgehead atoms. The first-order chi connectivity index (χ1) is 25.3. The summed E-state index contributed by atoms with van der Waals surface area (Å²) in [5.41, 5.74) is 12.5. The van der Waals surface area contributed by atoms with Crippen molar-refractivity contribution in [2.75, 3.05) is 0 Å². The Bertz CT molecular complexity index is 3440. The summed E-state index contributed by atoms with van der Waals surface area (Å²) in [6.07, 6.45) is 0. The van der Waals surface area contributed by atoms with E-state index in [9.17, 15) is 0 Å². The van der Waals surface area contributed by atoms with Crippen LogP contribution in [0, 0.1) is 0 Å². The van der Waals surface area contributed by atoms with Crippen LogP contribution in [0.25, 0.3) is 105 Å². The van der Waals surface area contributed by atoms with Crippen LogP contribution in [0.4, 0.5) is 0 Å². The van der Waals surface area contributed by atoms with E-state index in [1.165, 1.54) is 21.5 Å². The van der Waals surface area contributed by atoms with Gasteiger partial charge in [-0.2, -0.15) is 0 Å². The Morgan fingerprint density at radius 1 is 0.314 bits per heavy atom. The molecule has 0 radical (unpaired) electrons. The molecule has 5 heterocycles. The van der Waals surface area contributed by atoms with E-state index in [-0.39, 0.29) is 0 Å². The first kappa shape index (κ1) is 26.9. The van der Waals surface area contributed by atoms with Gasteiger partial charge < -0.3 is 0 Å². The quantitative estimate of drug-likeness (QED) is 0.175. The second kappa shape index (κ2) is 9.77. The molecule has 12 aromatic rings. The minimum atomic E-state index is 0.816. The molecule has 5 aromatic heterocycles. The molecule has 6 heteroatoms. The Kier molecular flexibility index (Phi) is 5.14. The predicted molar refractivity (Wildman–Crippen MR) is 209 cm³/mol. The Hall–Kier alpha value is -7.05. The molecule has 236 valence electrons. The lowest BCUT2D eigenvalue weighted by atomic mass is 9.98. The van der Waals surface area contributed by atoms with E-state index in [2.05, 4.69) is 159 Å². The Morgan fingerprint density at radius 2 is 0.824 bits per heavy atom. The van der Waals surface area contributed by atoms with Gasteiger partial charge in [0.25, 0.3) is 0 Å². The van der Waals surface area contributed by atoms with Crippen LogP contribution in [-0.4, -0.2) is 28.3 Å². The third-order valence-electron chi connectivity index (χ3n) is 10.6. The second-order valence-corrected chi connectivity index (χ2v) is 13.3. The largest absolute Gasteiger partial charge is 0.292 e. The number of pyridine rings is 1. The Morgan fingerprint density at radius 3 is 1.57 bits per heavy atom. The molecule has 0 saturated heterocycles. The monoisotopic (exact) mass is 650 g/mol. The van der Waals surface area contributed by atoms with Gasteiger partial charge in [0.15, 0.2) is 0 Å². The summed E-state index contributed by atoms with van der Waals surface area (Å²) < 4.78 is 6.84. The number of nitrogens with zero attached hydrogens (tertiary/aromatic N) is 6. The number of hydrogen-bond donors (Lipinski definition) is 0. The number of para-hydroxylation sites is 7. The molecule has 0 amide bonds. The zero-order valence-corrected chi connectivity index (χ0v) is 27.2. The number of hydrogen-bond acceptors (Lipinski definition) is 3. The number of rotatable bonds is 2. The van der Waals surface area contributed by atoms with Gasteiger partial charge in [0.1, 0.15) is 11.3 Å². The summed E-state index contributed by atoms with van der Waals surface area (Å²) >= 11 is 0. The highest BCUT2D eigenvalue weighted by molar-refractivity contribution is 6.15. The van der Waals surface area contributed by atoms with Gasteiger partial charge in [-0.15, -0.1) is 0 Å². The number of fused-ring (bicyclic) bond motifs is 16. The van der Waals surface area contributed by atoms with Gasteiger partial charge in [-0.3, -0.25) is 13.4 Å². The van der Waals surface area contributed by atoms with Crippen molar-refractivity contribution in [2.24, 2.45) is 0 Å². The zero-order valence-electron chi connectivity index (χ0n) is 27.2. The highest BCUT2D eigenvalue weighted by Crippen LogP contribution is 2.39. The molecule has 0 spiro atoms. The molecule has 0 saturated carbocycles. The van der Waals surface area contributed by atoms with Crippen molar-refractivity contribution in [3.8, 4) is 17.1 Å². The van der Waals surface area contributed by atoms with Gasteiger partial charge in [0.2, 0.25) is 5.95 Å². The van der Waals surface area contributed by atoms with E-state index in [4.69, 9.17) is 15.0 Å². The fraction of sp³-hybridized carbons (Fsp3) is 0. The molecule has 0 aliphatic heterocycles. The van der Waals surface area contributed by atoms with Gasteiger partial charge in [0.05, 0.1) is 44.1 Å². The van der Waals surface area contributed by atoms with Crippen LogP contribution in [0.15, 0.2) is 158 Å². The summed E-state index contributed by atoms with van der Waals surface area (Å²) in [5, 5.41) is 6.93. The summed E-state index contributed by atoms with van der Waals surface area (Å²) in [4.78, 5) is 15.7. The lowest BCUT2D eigenvalue weighted by Gasteiger charge is -2.13. The Balaban J connectivity index is 1.18.